The zero-order valence-corrected chi connectivity index (χ0v) is 12.5. The first-order valence-electron chi connectivity index (χ1n) is 7.52. The molecule has 0 aromatic rings. The van der Waals surface area contributed by atoms with Gasteiger partial charge in [0, 0.05) is 58.5 Å². The average Bonchev–Trinajstić information content (AvgIpc) is 2.42. The maximum atomic E-state index is 5.30. The van der Waals surface area contributed by atoms with E-state index in [1.165, 1.54) is 39.1 Å². The Kier molecular flexibility index (Phi) is 8.59. The Morgan fingerprint density at radius 2 is 1.83 bits per heavy atom. The molecule has 1 saturated heterocycles. The Morgan fingerprint density at radius 1 is 1.11 bits per heavy atom. The van der Waals surface area contributed by atoms with E-state index in [1.807, 2.05) is 6.92 Å². The number of ether oxygens (including phenoxy) is 1. The van der Waals surface area contributed by atoms with Gasteiger partial charge in [0.25, 0.3) is 0 Å². The topological polar surface area (TPSA) is 27.7 Å². The van der Waals surface area contributed by atoms with E-state index in [-0.39, 0.29) is 0 Å². The highest BCUT2D eigenvalue weighted by Crippen LogP contribution is 2.07. The van der Waals surface area contributed by atoms with Crippen LogP contribution in [0.5, 0.6) is 0 Å². The summed E-state index contributed by atoms with van der Waals surface area (Å²) < 4.78 is 5.30. The predicted octanol–water partition coefficient (Wildman–Crippen LogP) is 1.03. The van der Waals surface area contributed by atoms with Gasteiger partial charge in [-0.3, -0.25) is 9.80 Å². The van der Waals surface area contributed by atoms with Crippen LogP contribution in [0.3, 0.4) is 0 Å². The van der Waals surface area contributed by atoms with Gasteiger partial charge in [0.2, 0.25) is 0 Å². The van der Waals surface area contributed by atoms with E-state index in [0.29, 0.717) is 0 Å². The Hall–Kier alpha value is -0.160. The molecule has 18 heavy (non-hydrogen) atoms. The first kappa shape index (κ1) is 15.9. The lowest BCUT2D eigenvalue weighted by Crippen LogP contribution is -2.50. The number of piperazine rings is 1. The molecule has 1 rings (SSSR count). The number of hydrogen-bond acceptors (Lipinski definition) is 4. The summed E-state index contributed by atoms with van der Waals surface area (Å²) in [4.78, 5) is 5.17. The molecule has 0 spiro atoms. The number of nitrogens with zero attached hydrogens (tertiary/aromatic N) is 2. The van der Waals surface area contributed by atoms with Gasteiger partial charge in [0.1, 0.15) is 0 Å². The van der Waals surface area contributed by atoms with E-state index in [1.54, 1.807) is 0 Å². The van der Waals surface area contributed by atoms with Gasteiger partial charge in [0.05, 0.1) is 6.61 Å². The first-order valence-corrected chi connectivity index (χ1v) is 7.52. The molecule has 0 aromatic heterocycles. The molecule has 0 radical (unpaired) electrons. The minimum Gasteiger partial charge on any atom is -0.380 e. The molecule has 1 fully saturated rings. The second kappa shape index (κ2) is 9.73. The van der Waals surface area contributed by atoms with E-state index in [0.717, 1.165) is 32.3 Å². The Balaban J connectivity index is 1.98. The van der Waals surface area contributed by atoms with Crippen LogP contribution in [0.4, 0.5) is 0 Å². The average molecular weight is 257 g/mol. The van der Waals surface area contributed by atoms with Crippen LogP contribution in [-0.4, -0.2) is 74.9 Å². The van der Waals surface area contributed by atoms with Gasteiger partial charge in [-0.2, -0.15) is 0 Å². The van der Waals surface area contributed by atoms with Crippen LogP contribution >= 0.6 is 0 Å². The number of hydrogen-bond donors (Lipinski definition) is 1. The largest absolute Gasteiger partial charge is 0.380 e. The molecule has 0 amide bonds. The highest BCUT2D eigenvalue weighted by atomic mass is 16.5. The van der Waals surface area contributed by atoms with Crippen LogP contribution < -0.4 is 5.32 Å². The minimum absolute atomic E-state index is 0.747. The van der Waals surface area contributed by atoms with Gasteiger partial charge >= 0.3 is 0 Å². The predicted molar refractivity (Wildman–Crippen MR) is 77.1 cm³/mol. The molecule has 1 heterocycles. The molecule has 108 valence electrons. The van der Waals surface area contributed by atoms with Crippen molar-refractivity contribution in [3.8, 4) is 0 Å². The van der Waals surface area contributed by atoms with Crippen LogP contribution in [0.1, 0.15) is 27.2 Å². The fraction of sp³-hybridized carbons (Fsp3) is 1.00. The van der Waals surface area contributed by atoms with Crippen molar-refractivity contribution in [2.75, 3.05) is 59.0 Å². The molecule has 1 aliphatic heterocycles. The number of rotatable bonds is 9. The van der Waals surface area contributed by atoms with Crippen molar-refractivity contribution >= 4 is 0 Å². The molecule has 1 atom stereocenters. The Morgan fingerprint density at radius 3 is 2.44 bits per heavy atom. The van der Waals surface area contributed by atoms with Crippen LogP contribution in [0.2, 0.25) is 0 Å². The molecule has 1 unspecified atom stereocenters. The summed E-state index contributed by atoms with van der Waals surface area (Å²) >= 11 is 0. The van der Waals surface area contributed by atoms with Gasteiger partial charge in [-0.05, 0) is 20.3 Å². The fourth-order valence-electron chi connectivity index (χ4n) is 2.34. The van der Waals surface area contributed by atoms with Crippen LogP contribution in [-0.2, 0) is 4.74 Å². The van der Waals surface area contributed by atoms with Crippen molar-refractivity contribution in [1.29, 1.82) is 0 Å². The molecule has 1 N–H and O–H groups in total. The van der Waals surface area contributed by atoms with Gasteiger partial charge in [-0.15, -0.1) is 0 Å². The second-order valence-electron chi connectivity index (χ2n) is 5.08. The van der Waals surface area contributed by atoms with Crippen molar-refractivity contribution < 1.29 is 4.74 Å². The fourth-order valence-corrected chi connectivity index (χ4v) is 2.34. The van der Waals surface area contributed by atoms with Gasteiger partial charge < -0.3 is 10.1 Å². The standard InChI is InChI=1S/C14H31N3O/c1-4-14(3)17-11-9-16(10-12-17)8-6-15-7-13-18-5-2/h14-15H,4-13H2,1-3H3. The summed E-state index contributed by atoms with van der Waals surface area (Å²) in [5, 5.41) is 3.43. The normalized spacial score (nSPS) is 20.2. The zero-order chi connectivity index (χ0) is 13.2. The third-order valence-electron chi connectivity index (χ3n) is 3.85. The molecule has 0 saturated carbocycles. The first-order chi connectivity index (χ1) is 8.77. The second-order valence-corrected chi connectivity index (χ2v) is 5.08. The van der Waals surface area contributed by atoms with Crippen molar-refractivity contribution in [1.82, 2.24) is 15.1 Å². The van der Waals surface area contributed by atoms with Crippen LogP contribution in [0.25, 0.3) is 0 Å². The zero-order valence-electron chi connectivity index (χ0n) is 12.5. The van der Waals surface area contributed by atoms with Gasteiger partial charge in [-0.25, -0.2) is 0 Å². The third-order valence-corrected chi connectivity index (χ3v) is 3.85. The van der Waals surface area contributed by atoms with Gasteiger partial charge in [-0.1, -0.05) is 6.92 Å². The summed E-state index contributed by atoms with van der Waals surface area (Å²) in [5.41, 5.74) is 0. The van der Waals surface area contributed by atoms with E-state index >= 15 is 0 Å². The van der Waals surface area contributed by atoms with Crippen molar-refractivity contribution in [2.24, 2.45) is 0 Å². The maximum absolute atomic E-state index is 5.30. The van der Waals surface area contributed by atoms with Crippen molar-refractivity contribution in [3.05, 3.63) is 0 Å². The van der Waals surface area contributed by atoms with Crippen molar-refractivity contribution in [2.45, 2.75) is 33.2 Å². The third kappa shape index (κ3) is 6.14. The highest BCUT2D eigenvalue weighted by molar-refractivity contribution is 4.75. The van der Waals surface area contributed by atoms with Gasteiger partial charge in [0.15, 0.2) is 0 Å². The molecular formula is C14H31N3O. The SMILES string of the molecule is CCOCCNCCN1CCN(C(C)CC)CC1. The minimum atomic E-state index is 0.747. The summed E-state index contributed by atoms with van der Waals surface area (Å²) in [5.74, 6) is 0. The monoisotopic (exact) mass is 257 g/mol. The molecule has 0 bridgehead atoms. The summed E-state index contributed by atoms with van der Waals surface area (Å²) in [7, 11) is 0. The van der Waals surface area contributed by atoms with E-state index in [4.69, 9.17) is 4.74 Å². The molecule has 0 aromatic carbocycles. The molecule has 4 nitrogen and oxygen atoms in total. The quantitative estimate of drug-likeness (QED) is 0.624. The summed E-state index contributed by atoms with van der Waals surface area (Å²) in [6.07, 6.45) is 1.26. The van der Waals surface area contributed by atoms with E-state index < -0.39 is 0 Å². The van der Waals surface area contributed by atoms with Crippen LogP contribution in [0.15, 0.2) is 0 Å². The van der Waals surface area contributed by atoms with E-state index in [2.05, 4.69) is 29.0 Å². The number of nitrogens with one attached hydrogen (secondary N) is 1. The van der Waals surface area contributed by atoms with Crippen molar-refractivity contribution in [3.63, 3.8) is 0 Å². The summed E-state index contributed by atoms with van der Waals surface area (Å²) in [6, 6.07) is 0.747. The van der Waals surface area contributed by atoms with Crippen LogP contribution in [0, 0.1) is 0 Å². The maximum Gasteiger partial charge on any atom is 0.0590 e. The Labute approximate surface area is 113 Å². The lowest BCUT2D eigenvalue weighted by atomic mass is 10.2. The molecule has 1 aliphatic rings. The Bertz CT molecular complexity index is 193. The highest BCUT2D eigenvalue weighted by Gasteiger charge is 2.19. The lowest BCUT2D eigenvalue weighted by Gasteiger charge is -2.37. The molecule has 4 heteroatoms. The summed E-state index contributed by atoms with van der Waals surface area (Å²) in [6.45, 7) is 16.4. The molecule has 0 aliphatic carbocycles. The smallest absolute Gasteiger partial charge is 0.0590 e. The lowest BCUT2D eigenvalue weighted by molar-refractivity contribution is 0.100. The van der Waals surface area contributed by atoms with E-state index in [9.17, 15) is 0 Å². The molecular weight excluding hydrogens is 226 g/mol.